The van der Waals surface area contributed by atoms with Gasteiger partial charge in [0.25, 0.3) is 11.8 Å². The zero-order valence-electron chi connectivity index (χ0n) is 17.0. The van der Waals surface area contributed by atoms with Gasteiger partial charge in [0.05, 0.1) is 12.0 Å². The van der Waals surface area contributed by atoms with Gasteiger partial charge in [-0.25, -0.2) is 4.98 Å². The lowest BCUT2D eigenvalue weighted by atomic mass is 10.0. The highest BCUT2D eigenvalue weighted by Gasteiger charge is 2.26. The average Bonchev–Trinajstić information content (AvgIpc) is 3.30. The third-order valence-electron chi connectivity index (χ3n) is 5.27. The first-order chi connectivity index (χ1) is 15.4. The van der Waals surface area contributed by atoms with Crippen LogP contribution in [0.25, 0.3) is 0 Å². The minimum atomic E-state index is -0.575. The second-order valence-electron chi connectivity index (χ2n) is 7.46. The average molecular weight is 516 g/mol. The van der Waals surface area contributed by atoms with Crippen molar-refractivity contribution in [2.24, 2.45) is 0 Å². The third kappa shape index (κ3) is 4.76. The summed E-state index contributed by atoms with van der Waals surface area (Å²) in [6.45, 7) is 1.31. The summed E-state index contributed by atoms with van der Waals surface area (Å²) in [5.74, 6) is -1.12. The van der Waals surface area contributed by atoms with Crippen molar-refractivity contribution in [3.63, 3.8) is 0 Å². The molecule has 164 valence electrons. The molecule has 2 amide bonds. The van der Waals surface area contributed by atoms with Crippen LogP contribution in [0.15, 0.2) is 53.3 Å². The van der Waals surface area contributed by atoms with Crippen molar-refractivity contribution in [2.45, 2.75) is 19.3 Å². The van der Waals surface area contributed by atoms with Crippen LogP contribution in [0.4, 0.5) is 5.69 Å². The summed E-state index contributed by atoms with van der Waals surface area (Å²) in [6, 6.07) is 11.6. The Labute approximate surface area is 198 Å². The summed E-state index contributed by atoms with van der Waals surface area (Å²) < 4.78 is 0.682. The van der Waals surface area contributed by atoms with E-state index in [1.54, 1.807) is 47.4 Å². The Hall–Kier alpha value is -2.97. The van der Waals surface area contributed by atoms with Crippen LogP contribution in [-0.4, -0.2) is 45.6 Å². The highest BCUT2D eigenvalue weighted by atomic mass is 79.9. The number of benzene rings is 2. The Morgan fingerprint density at radius 2 is 1.84 bits per heavy atom. The predicted molar refractivity (Wildman–Crippen MR) is 125 cm³/mol. The summed E-state index contributed by atoms with van der Waals surface area (Å²) in [5, 5.41) is 3.18. The molecule has 1 aliphatic heterocycles. The molecular formula is C23H20BrClN4O3. The van der Waals surface area contributed by atoms with E-state index in [-0.39, 0.29) is 28.6 Å². The number of H-pyrrole nitrogens is 1. The summed E-state index contributed by atoms with van der Waals surface area (Å²) in [5.41, 5.74) is 1.12. The molecule has 4 rings (SSSR count). The van der Waals surface area contributed by atoms with E-state index in [9.17, 15) is 14.4 Å². The van der Waals surface area contributed by atoms with Crippen LogP contribution >= 0.6 is 27.5 Å². The maximum atomic E-state index is 13.1. The molecule has 7 nitrogen and oxygen atoms in total. The quantitative estimate of drug-likeness (QED) is 0.471. The molecule has 0 bridgehead atoms. The first-order valence-corrected chi connectivity index (χ1v) is 11.3. The molecule has 3 aromatic rings. The summed E-state index contributed by atoms with van der Waals surface area (Å²) in [7, 11) is 0. The fraction of sp³-hybridized carbons (Fsp3) is 0.217. The molecular weight excluding hydrogens is 496 g/mol. The molecule has 0 unspecified atom stereocenters. The van der Waals surface area contributed by atoms with E-state index in [0.717, 1.165) is 19.3 Å². The number of nitrogens with one attached hydrogen (secondary N) is 2. The van der Waals surface area contributed by atoms with Crippen LogP contribution in [0, 0.1) is 0 Å². The van der Waals surface area contributed by atoms with Crippen LogP contribution in [-0.2, 0) is 0 Å². The molecule has 0 spiro atoms. The van der Waals surface area contributed by atoms with Gasteiger partial charge in [0.15, 0.2) is 11.5 Å². The lowest BCUT2D eigenvalue weighted by molar-refractivity contribution is 0.0714. The van der Waals surface area contributed by atoms with Crippen molar-refractivity contribution in [1.29, 1.82) is 0 Å². The molecule has 1 aromatic heterocycles. The molecule has 0 saturated carbocycles. The minimum Gasteiger partial charge on any atom is -0.340 e. The van der Waals surface area contributed by atoms with Crippen molar-refractivity contribution < 1.29 is 14.4 Å². The second kappa shape index (κ2) is 9.67. The highest BCUT2D eigenvalue weighted by Crippen LogP contribution is 2.26. The highest BCUT2D eigenvalue weighted by molar-refractivity contribution is 9.10. The number of amides is 2. The van der Waals surface area contributed by atoms with Gasteiger partial charge < -0.3 is 15.2 Å². The lowest BCUT2D eigenvalue weighted by Gasteiger charge is -2.26. The number of nitrogens with zero attached hydrogens (tertiary/aromatic N) is 2. The van der Waals surface area contributed by atoms with E-state index in [2.05, 4.69) is 31.2 Å². The van der Waals surface area contributed by atoms with Crippen molar-refractivity contribution in [2.75, 3.05) is 18.4 Å². The van der Waals surface area contributed by atoms with Crippen LogP contribution in [0.5, 0.6) is 0 Å². The van der Waals surface area contributed by atoms with Gasteiger partial charge in [0.2, 0.25) is 0 Å². The second-order valence-corrected chi connectivity index (χ2v) is 8.81. The van der Waals surface area contributed by atoms with Gasteiger partial charge in [-0.2, -0.15) is 0 Å². The Morgan fingerprint density at radius 3 is 2.59 bits per heavy atom. The first-order valence-electron chi connectivity index (χ1n) is 10.2. The number of anilines is 1. The van der Waals surface area contributed by atoms with Crippen molar-refractivity contribution in [3.05, 3.63) is 80.8 Å². The number of imidazole rings is 1. The van der Waals surface area contributed by atoms with Gasteiger partial charge in [-0.3, -0.25) is 14.4 Å². The van der Waals surface area contributed by atoms with E-state index in [0.29, 0.717) is 33.8 Å². The number of carbonyl (C=O) groups is 3. The van der Waals surface area contributed by atoms with Crippen molar-refractivity contribution in [3.8, 4) is 0 Å². The van der Waals surface area contributed by atoms with Gasteiger partial charge in [0, 0.05) is 33.7 Å². The molecule has 0 atom stereocenters. The predicted octanol–water partition coefficient (Wildman–Crippen LogP) is 4.94. The van der Waals surface area contributed by atoms with E-state index in [1.807, 2.05) is 0 Å². The smallest absolute Gasteiger partial charge is 0.276 e. The largest absolute Gasteiger partial charge is 0.340 e. The minimum absolute atomic E-state index is 0.00959. The Morgan fingerprint density at radius 1 is 1.06 bits per heavy atom. The van der Waals surface area contributed by atoms with Crippen LogP contribution in [0.3, 0.4) is 0 Å². The van der Waals surface area contributed by atoms with Gasteiger partial charge in [-0.05, 0) is 49.6 Å². The first kappa shape index (κ1) is 22.2. The molecule has 0 radical (unpaired) electrons. The molecule has 32 heavy (non-hydrogen) atoms. The fourth-order valence-electron chi connectivity index (χ4n) is 3.66. The molecule has 0 aliphatic carbocycles. The third-order valence-corrected chi connectivity index (χ3v) is 6.00. The van der Waals surface area contributed by atoms with Crippen molar-refractivity contribution in [1.82, 2.24) is 14.9 Å². The van der Waals surface area contributed by atoms with Crippen LogP contribution < -0.4 is 5.32 Å². The lowest BCUT2D eigenvalue weighted by Crippen LogP contribution is -2.36. The summed E-state index contributed by atoms with van der Waals surface area (Å²) in [6.07, 6.45) is 4.29. The van der Waals surface area contributed by atoms with Crippen molar-refractivity contribution >= 4 is 50.8 Å². The summed E-state index contributed by atoms with van der Waals surface area (Å²) in [4.78, 5) is 47.6. The number of rotatable bonds is 5. The number of likely N-dealkylation sites (tertiary alicyclic amines) is 1. The normalized spacial score (nSPS) is 13.6. The molecule has 2 N–H and O–H groups in total. The monoisotopic (exact) mass is 514 g/mol. The molecule has 1 fully saturated rings. The molecule has 1 saturated heterocycles. The topological polar surface area (TPSA) is 95.2 Å². The molecule has 2 heterocycles. The van der Waals surface area contributed by atoms with E-state index >= 15 is 0 Å². The number of aromatic nitrogens is 2. The molecule has 1 aliphatic rings. The Bertz CT molecular complexity index is 1190. The van der Waals surface area contributed by atoms with Crippen LogP contribution in [0.1, 0.15) is 56.2 Å². The molecule has 9 heteroatoms. The Kier molecular flexibility index (Phi) is 6.72. The number of piperidine rings is 1. The SMILES string of the molecule is O=C(c1cccc(Cl)c1)c1cc(Br)ccc1NC(=O)c1nc[nH]c1C(=O)N1CCCCC1. The Balaban J connectivity index is 1.60. The van der Waals surface area contributed by atoms with Crippen LogP contribution in [0.2, 0.25) is 5.02 Å². The fourth-order valence-corrected chi connectivity index (χ4v) is 4.22. The standard InChI is InChI=1S/C23H20BrClN4O3/c24-15-7-8-18(17(12-15)21(30)14-5-4-6-16(25)11-14)28-22(31)19-20(27-13-26-19)23(32)29-9-2-1-3-10-29/h4-8,11-13H,1-3,9-10H2,(H,26,27)(H,28,31). The van der Waals surface area contributed by atoms with E-state index in [4.69, 9.17) is 11.6 Å². The molecule has 2 aromatic carbocycles. The zero-order valence-corrected chi connectivity index (χ0v) is 19.4. The number of hydrogen-bond donors (Lipinski definition) is 2. The van der Waals surface area contributed by atoms with E-state index in [1.165, 1.54) is 6.33 Å². The number of carbonyl (C=O) groups excluding carboxylic acids is 3. The zero-order chi connectivity index (χ0) is 22.7. The van der Waals surface area contributed by atoms with E-state index < -0.39 is 5.91 Å². The summed E-state index contributed by atoms with van der Waals surface area (Å²) >= 11 is 9.40. The number of hydrogen-bond acceptors (Lipinski definition) is 4. The number of ketones is 1. The maximum Gasteiger partial charge on any atom is 0.276 e. The number of halogens is 2. The number of aromatic amines is 1. The van der Waals surface area contributed by atoms with Gasteiger partial charge in [0.1, 0.15) is 5.69 Å². The van der Waals surface area contributed by atoms with Gasteiger partial charge in [-0.1, -0.05) is 39.7 Å². The van der Waals surface area contributed by atoms with Gasteiger partial charge >= 0.3 is 0 Å². The maximum absolute atomic E-state index is 13.1. The van der Waals surface area contributed by atoms with Gasteiger partial charge in [-0.15, -0.1) is 0 Å².